The third-order valence-electron chi connectivity index (χ3n) is 4.75. The molecular formula is C20H15N3O4S. The van der Waals surface area contributed by atoms with E-state index < -0.39 is 28.3 Å². The number of carbonyl (C=O) groups excluding carboxylic acids is 2. The molecule has 0 fully saturated rings. The molecule has 0 unspecified atom stereocenters. The molecule has 140 valence electrons. The second kappa shape index (κ2) is 6.62. The number of carbonyl (C=O) groups is 2. The van der Waals surface area contributed by atoms with Gasteiger partial charge in [0.2, 0.25) is 0 Å². The number of fused-ring (bicyclic) bond motifs is 2. The van der Waals surface area contributed by atoms with Gasteiger partial charge in [-0.15, -0.1) is 0 Å². The number of amides is 1. The third kappa shape index (κ3) is 2.68. The van der Waals surface area contributed by atoms with E-state index in [1.54, 1.807) is 29.0 Å². The van der Waals surface area contributed by atoms with E-state index in [1.165, 1.54) is 18.2 Å². The van der Waals surface area contributed by atoms with Gasteiger partial charge >= 0.3 is 0 Å². The van der Waals surface area contributed by atoms with Crippen molar-refractivity contribution in [3.8, 4) is 6.07 Å². The second-order valence-electron chi connectivity index (χ2n) is 6.40. The number of para-hydroxylation sites is 1. The van der Waals surface area contributed by atoms with Crippen LogP contribution in [0.5, 0.6) is 0 Å². The molecule has 1 amide bonds. The van der Waals surface area contributed by atoms with Gasteiger partial charge in [0.25, 0.3) is 15.9 Å². The van der Waals surface area contributed by atoms with Crippen molar-refractivity contribution in [1.82, 2.24) is 8.87 Å². The maximum Gasteiger partial charge on any atom is 0.269 e. The monoisotopic (exact) mass is 393 g/mol. The van der Waals surface area contributed by atoms with Crippen molar-refractivity contribution in [2.24, 2.45) is 0 Å². The van der Waals surface area contributed by atoms with Crippen molar-refractivity contribution >= 4 is 32.6 Å². The fourth-order valence-electron chi connectivity index (χ4n) is 3.43. The lowest BCUT2D eigenvalue weighted by Crippen LogP contribution is -2.35. The average Bonchev–Trinajstić information content (AvgIpc) is 3.16. The van der Waals surface area contributed by atoms with E-state index in [-0.39, 0.29) is 16.9 Å². The first-order valence-electron chi connectivity index (χ1n) is 8.59. The summed E-state index contributed by atoms with van der Waals surface area (Å²) in [5.41, 5.74) is 1.18. The van der Waals surface area contributed by atoms with Crippen LogP contribution < -0.4 is 0 Å². The van der Waals surface area contributed by atoms with Crippen LogP contribution in [0, 0.1) is 11.3 Å². The number of hydrogen-bond donors (Lipinski definition) is 0. The van der Waals surface area contributed by atoms with Gasteiger partial charge in [-0.05, 0) is 18.2 Å². The minimum Gasteiger partial charge on any atom is -0.346 e. The fraction of sp³-hybridized carbons (Fsp3) is 0.150. The topological polar surface area (TPSA) is 100 Å². The molecule has 4 rings (SSSR count). The van der Waals surface area contributed by atoms with Gasteiger partial charge < -0.3 is 4.57 Å². The molecular weight excluding hydrogens is 378 g/mol. The number of Topliss-reactive ketones (excluding diaryl/α,β-unsaturated/α-hetero) is 1. The van der Waals surface area contributed by atoms with Crippen LogP contribution in [0.15, 0.2) is 59.6 Å². The Morgan fingerprint density at radius 2 is 1.79 bits per heavy atom. The van der Waals surface area contributed by atoms with E-state index in [2.05, 4.69) is 6.07 Å². The molecule has 0 radical (unpaired) electrons. The van der Waals surface area contributed by atoms with Crippen molar-refractivity contribution < 1.29 is 18.0 Å². The highest BCUT2D eigenvalue weighted by atomic mass is 32.2. The molecule has 0 saturated carbocycles. The zero-order chi connectivity index (χ0) is 19.9. The predicted molar refractivity (Wildman–Crippen MR) is 101 cm³/mol. The summed E-state index contributed by atoms with van der Waals surface area (Å²) in [7, 11) is -4.05. The van der Waals surface area contributed by atoms with E-state index in [9.17, 15) is 18.0 Å². The Hall–Kier alpha value is -3.44. The van der Waals surface area contributed by atoms with Gasteiger partial charge in [-0.25, -0.2) is 12.7 Å². The zero-order valence-electron chi connectivity index (χ0n) is 14.7. The van der Waals surface area contributed by atoms with E-state index in [0.717, 1.165) is 5.52 Å². The lowest BCUT2D eigenvalue weighted by molar-refractivity contribution is 0.0821. The number of nitrogens with zero attached hydrogens (tertiary/aromatic N) is 3. The van der Waals surface area contributed by atoms with E-state index in [0.29, 0.717) is 21.8 Å². The van der Waals surface area contributed by atoms with Gasteiger partial charge in [0, 0.05) is 29.2 Å². The SMILES string of the molecule is N#CCCn1cc(C(=O)CN2C(=O)c3ccccc3S2(=O)=O)c2ccccc21. The zero-order valence-corrected chi connectivity index (χ0v) is 15.5. The number of benzene rings is 2. The minimum absolute atomic E-state index is 0.0757. The molecule has 28 heavy (non-hydrogen) atoms. The summed E-state index contributed by atoms with van der Waals surface area (Å²) < 4.78 is 27.8. The summed E-state index contributed by atoms with van der Waals surface area (Å²) in [4.78, 5) is 25.4. The number of nitriles is 1. The lowest BCUT2D eigenvalue weighted by atomic mass is 10.1. The van der Waals surface area contributed by atoms with Gasteiger partial charge in [0.1, 0.15) is 11.4 Å². The smallest absolute Gasteiger partial charge is 0.269 e. The second-order valence-corrected chi connectivity index (χ2v) is 8.23. The fourth-order valence-corrected chi connectivity index (χ4v) is 4.95. The highest BCUT2D eigenvalue weighted by Gasteiger charge is 2.42. The van der Waals surface area contributed by atoms with Crippen LogP contribution in [0.3, 0.4) is 0 Å². The van der Waals surface area contributed by atoms with Crippen molar-refractivity contribution in [3.63, 3.8) is 0 Å². The maximum atomic E-state index is 12.9. The summed E-state index contributed by atoms with van der Waals surface area (Å²) in [5, 5.41) is 9.50. The Balaban J connectivity index is 1.71. The highest BCUT2D eigenvalue weighted by molar-refractivity contribution is 7.90. The summed E-state index contributed by atoms with van der Waals surface area (Å²) in [6, 6.07) is 15.2. The number of aryl methyl sites for hydroxylation is 1. The molecule has 0 spiro atoms. The molecule has 0 N–H and O–H groups in total. The molecule has 0 atom stereocenters. The maximum absolute atomic E-state index is 12.9. The molecule has 7 nitrogen and oxygen atoms in total. The molecule has 1 aliphatic rings. The Bertz CT molecular complexity index is 1270. The van der Waals surface area contributed by atoms with Gasteiger partial charge in [-0.2, -0.15) is 5.26 Å². The van der Waals surface area contributed by atoms with Crippen LogP contribution in [-0.4, -0.2) is 35.5 Å². The lowest BCUT2D eigenvalue weighted by Gasteiger charge is -2.13. The van der Waals surface area contributed by atoms with Gasteiger partial charge in [-0.1, -0.05) is 30.3 Å². The summed E-state index contributed by atoms with van der Waals surface area (Å²) >= 11 is 0. The Morgan fingerprint density at radius 1 is 1.07 bits per heavy atom. The molecule has 8 heteroatoms. The van der Waals surface area contributed by atoms with Crippen molar-refractivity contribution in [2.45, 2.75) is 17.9 Å². The molecule has 1 aromatic heterocycles. The number of rotatable bonds is 5. The predicted octanol–water partition coefficient (Wildman–Crippen LogP) is 2.58. The molecule has 2 heterocycles. The van der Waals surface area contributed by atoms with Crippen LogP contribution >= 0.6 is 0 Å². The quantitative estimate of drug-likeness (QED) is 0.620. The van der Waals surface area contributed by atoms with Gasteiger partial charge in [0.15, 0.2) is 5.78 Å². The summed E-state index contributed by atoms with van der Waals surface area (Å²) in [5.74, 6) is -1.17. The molecule has 1 aliphatic heterocycles. The normalized spacial score (nSPS) is 14.8. The first kappa shape index (κ1) is 17.9. The Labute approximate surface area is 161 Å². The highest BCUT2D eigenvalue weighted by Crippen LogP contribution is 2.31. The van der Waals surface area contributed by atoms with Crippen molar-refractivity contribution in [2.75, 3.05) is 6.54 Å². The summed E-state index contributed by atoms with van der Waals surface area (Å²) in [6.07, 6.45) is 1.89. The largest absolute Gasteiger partial charge is 0.346 e. The molecule has 0 bridgehead atoms. The average molecular weight is 393 g/mol. The number of ketones is 1. The number of aromatic nitrogens is 1. The minimum atomic E-state index is -4.05. The first-order valence-corrected chi connectivity index (χ1v) is 10.0. The molecule has 2 aromatic carbocycles. The summed E-state index contributed by atoms with van der Waals surface area (Å²) in [6.45, 7) is -0.154. The van der Waals surface area contributed by atoms with Gasteiger partial charge in [-0.3, -0.25) is 9.59 Å². The van der Waals surface area contributed by atoms with E-state index in [1.807, 2.05) is 12.1 Å². The van der Waals surface area contributed by atoms with Crippen molar-refractivity contribution in [3.05, 3.63) is 65.9 Å². The van der Waals surface area contributed by atoms with E-state index in [4.69, 9.17) is 5.26 Å². The number of sulfonamides is 1. The Morgan fingerprint density at radius 3 is 2.54 bits per heavy atom. The molecule has 3 aromatic rings. The molecule has 0 saturated heterocycles. The van der Waals surface area contributed by atoms with Crippen LogP contribution in [0.25, 0.3) is 10.9 Å². The van der Waals surface area contributed by atoms with Crippen LogP contribution in [-0.2, 0) is 16.6 Å². The van der Waals surface area contributed by atoms with Crippen LogP contribution in [0.2, 0.25) is 0 Å². The van der Waals surface area contributed by atoms with Crippen LogP contribution in [0.4, 0.5) is 0 Å². The van der Waals surface area contributed by atoms with Crippen molar-refractivity contribution in [1.29, 1.82) is 5.26 Å². The third-order valence-corrected chi connectivity index (χ3v) is 6.54. The number of hydrogen-bond acceptors (Lipinski definition) is 5. The standard InChI is InChI=1S/C20H15N3O4S/c21-10-5-11-22-12-16(14-6-1-3-8-17(14)22)18(24)13-23-20(25)15-7-2-4-9-19(15)28(23,26)27/h1-4,6-9,12H,5,11,13H2. The van der Waals surface area contributed by atoms with Crippen LogP contribution in [0.1, 0.15) is 27.1 Å². The van der Waals surface area contributed by atoms with E-state index >= 15 is 0 Å². The first-order chi connectivity index (χ1) is 13.4. The molecule has 0 aliphatic carbocycles. The Kier molecular flexibility index (Phi) is 4.24. The van der Waals surface area contributed by atoms with Gasteiger partial charge in [0.05, 0.1) is 18.1 Å².